The first-order valence-electron chi connectivity index (χ1n) is 10.1. The van der Waals surface area contributed by atoms with Crippen LogP contribution in [0.25, 0.3) is 0 Å². The summed E-state index contributed by atoms with van der Waals surface area (Å²) in [6.07, 6.45) is -0.356. The van der Waals surface area contributed by atoms with Crippen LogP contribution in [0.2, 0.25) is 0 Å². The molecule has 4 atom stereocenters. The Labute approximate surface area is 193 Å². The maximum atomic E-state index is 13.6. The minimum atomic E-state index is -0.976. The molecule has 0 spiro atoms. The van der Waals surface area contributed by atoms with E-state index >= 15 is 0 Å². The molecule has 7 nitrogen and oxygen atoms in total. The average Bonchev–Trinajstić information content (AvgIpc) is 3.23. The van der Waals surface area contributed by atoms with Gasteiger partial charge in [0.15, 0.2) is 17.3 Å². The van der Waals surface area contributed by atoms with Crippen molar-refractivity contribution in [1.82, 2.24) is 0 Å². The van der Waals surface area contributed by atoms with E-state index in [4.69, 9.17) is 23.7 Å². The van der Waals surface area contributed by atoms with Crippen molar-refractivity contribution >= 4 is 28.4 Å². The maximum absolute atomic E-state index is 13.6. The van der Waals surface area contributed by atoms with Gasteiger partial charge in [-0.15, -0.1) is 0 Å². The third-order valence-electron chi connectivity index (χ3n) is 6.28. The van der Waals surface area contributed by atoms with E-state index in [0.717, 1.165) is 11.1 Å². The van der Waals surface area contributed by atoms with Crippen molar-refractivity contribution in [3.05, 3.63) is 41.0 Å². The minimum Gasteiger partial charge on any atom is -0.493 e. The summed E-state index contributed by atoms with van der Waals surface area (Å²) in [5.74, 6) is 2.37. The first kappa shape index (κ1) is 20.7. The normalized spacial score (nSPS) is 24.9. The van der Waals surface area contributed by atoms with Gasteiger partial charge in [-0.1, -0.05) is 22.6 Å². The summed E-state index contributed by atoms with van der Waals surface area (Å²) in [6, 6.07) is 7.10. The number of aliphatic hydroxyl groups is 1. The van der Waals surface area contributed by atoms with Gasteiger partial charge in [-0.3, -0.25) is 4.79 Å². The first-order valence-corrected chi connectivity index (χ1v) is 11.6. The Bertz CT molecular complexity index is 1060. The van der Waals surface area contributed by atoms with Crippen LogP contribution in [0.15, 0.2) is 24.3 Å². The highest BCUT2D eigenvalue weighted by Gasteiger charge is 2.47. The van der Waals surface area contributed by atoms with Crippen LogP contribution < -0.4 is 23.7 Å². The van der Waals surface area contributed by atoms with E-state index in [2.05, 4.69) is 22.6 Å². The number of ketones is 1. The number of benzene rings is 2. The zero-order valence-corrected chi connectivity index (χ0v) is 19.6. The molecule has 5 rings (SSSR count). The van der Waals surface area contributed by atoms with Crippen molar-refractivity contribution in [2.75, 3.05) is 25.3 Å². The summed E-state index contributed by atoms with van der Waals surface area (Å²) in [7, 11) is 3.12. The van der Waals surface area contributed by atoms with Crippen LogP contribution in [0.3, 0.4) is 0 Å². The van der Waals surface area contributed by atoms with Crippen LogP contribution in [0.4, 0.5) is 0 Å². The van der Waals surface area contributed by atoms with E-state index in [1.54, 1.807) is 45.4 Å². The lowest BCUT2D eigenvalue weighted by molar-refractivity contribution is -0.0167. The average molecular weight is 534 g/mol. The molecule has 1 N–H and O–H groups in total. The van der Waals surface area contributed by atoms with Crippen molar-refractivity contribution in [3.8, 4) is 28.7 Å². The third kappa shape index (κ3) is 3.14. The number of Topliss-reactive ketones (excluding diaryl/α,β-unsaturated/α-hetero) is 1. The lowest BCUT2D eigenvalue weighted by Crippen LogP contribution is -2.44. The van der Waals surface area contributed by atoms with Crippen LogP contribution in [0.5, 0.6) is 28.7 Å². The van der Waals surface area contributed by atoms with Crippen LogP contribution in [0.1, 0.15) is 34.3 Å². The quantitative estimate of drug-likeness (QED) is 0.476. The van der Waals surface area contributed by atoms with Gasteiger partial charge < -0.3 is 28.8 Å². The summed E-state index contributed by atoms with van der Waals surface area (Å²) in [5, 5.41) is 10.7. The fraction of sp³-hybridized carbons (Fsp3) is 0.435. The van der Waals surface area contributed by atoms with Gasteiger partial charge in [0.05, 0.1) is 25.7 Å². The number of halogens is 1. The van der Waals surface area contributed by atoms with Crippen molar-refractivity contribution in [2.24, 2.45) is 0 Å². The molecule has 0 saturated heterocycles. The lowest BCUT2D eigenvalue weighted by atomic mass is 9.81. The van der Waals surface area contributed by atoms with Gasteiger partial charge in [-0.25, -0.2) is 0 Å². The molecule has 2 aromatic carbocycles. The van der Waals surface area contributed by atoms with E-state index in [1.165, 1.54) is 0 Å². The predicted octanol–water partition coefficient (Wildman–Crippen LogP) is 3.31. The Kier molecular flexibility index (Phi) is 4.97. The number of rotatable bonds is 4. The third-order valence-corrected chi connectivity index (χ3v) is 7.83. The molecule has 0 fully saturated rings. The number of ether oxygens (including phenoxy) is 5. The zero-order valence-electron chi connectivity index (χ0n) is 17.4. The van der Waals surface area contributed by atoms with E-state index in [9.17, 15) is 9.90 Å². The fourth-order valence-electron chi connectivity index (χ4n) is 4.50. The molecular formula is C23H23IO7. The summed E-state index contributed by atoms with van der Waals surface area (Å²) >= 11 is 2.15. The van der Waals surface area contributed by atoms with Gasteiger partial charge in [-0.05, 0) is 25.1 Å². The maximum Gasteiger partial charge on any atom is 0.178 e. The Hall–Kier alpha value is -2.20. The smallest absolute Gasteiger partial charge is 0.178 e. The molecule has 3 aliphatic rings. The van der Waals surface area contributed by atoms with Crippen molar-refractivity contribution in [2.45, 2.75) is 37.1 Å². The van der Waals surface area contributed by atoms with E-state index < -0.39 is 17.6 Å². The van der Waals surface area contributed by atoms with Crippen molar-refractivity contribution in [3.63, 3.8) is 0 Å². The first-order chi connectivity index (χ1) is 14.9. The molecule has 0 aromatic heterocycles. The van der Waals surface area contributed by atoms with Crippen molar-refractivity contribution < 1.29 is 33.6 Å². The number of alkyl halides is 1. The minimum absolute atomic E-state index is 0.0186. The monoisotopic (exact) mass is 534 g/mol. The summed E-state index contributed by atoms with van der Waals surface area (Å²) < 4.78 is 29.6. The largest absolute Gasteiger partial charge is 0.493 e. The number of carbonyl (C=O) groups is 1. The molecule has 3 unspecified atom stereocenters. The number of hydrogen-bond donors (Lipinski definition) is 1. The van der Waals surface area contributed by atoms with Gasteiger partial charge in [0.1, 0.15) is 41.7 Å². The molecular weight excluding hydrogens is 511 g/mol. The molecule has 3 heterocycles. The summed E-state index contributed by atoms with van der Waals surface area (Å²) in [6.45, 7) is 2.01. The molecule has 2 aromatic rings. The van der Waals surface area contributed by atoms with Crippen molar-refractivity contribution in [1.29, 1.82) is 0 Å². The van der Waals surface area contributed by atoms with Gasteiger partial charge in [0, 0.05) is 28.0 Å². The number of carbonyl (C=O) groups excluding carboxylic acids is 1. The Morgan fingerprint density at radius 1 is 1.16 bits per heavy atom. The standard InChI is InChI=1S/C23H23IO7/c1-23(26,10-24)19-7-13-14(30-19)5-4-11-21(25)20-12-6-16(27-2)17(28-3)8-15(12)29-9-18(20)31-22(11)13/h4-6,8,18-20,26H,7,9-10H2,1-3H3/t18?,19-,20?,23?/m1/s1/i24-4. The Balaban J connectivity index is 1.55. The number of methoxy groups -OCH3 is 2. The zero-order chi connectivity index (χ0) is 21.9. The van der Waals surface area contributed by atoms with E-state index in [-0.39, 0.29) is 18.5 Å². The lowest BCUT2D eigenvalue weighted by Gasteiger charge is -2.37. The highest BCUT2D eigenvalue weighted by Crippen LogP contribution is 2.50. The second kappa shape index (κ2) is 7.44. The van der Waals surface area contributed by atoms with Gasteiger partial charge in [-0.2, -0.15) is 0 Å². The number of hydrogen-bond acceptors (Lipinski definition) is 7. The summed E-state index contributed by atoms with van der Waals surface area (Å²) in [5.41, 5.74) is 1.11. The Morgan fingerprint density at radius 3 is 2.61 bits per heavy atom. The molecule has 8 heteroatoms. The van der Waals surface area contributed by atoms with E-state index in [1.807, 2.05) is 0 Å². The topological polar surface area (TPSA) is 83.5 Å². The van der Waals surface area contributed by atoms with Crippen LogP contribution >= 0.6 is 22.6 Å². The highest BCUT2D eigenvalue weighted by atomic mass is 123. The second-order valence-electron chi connectivity index (χ2n) is 8.27. The molecule has 0 aliphatic carbocycles. The number of fused-ring (bicyclic) bond motifs is 6. The summed E-state index contributed by atoms with van der Waals surface area (Å²) in [4.78, 5) is 13.6. The SMILES string of the molecule is COc1cc2c(cc1OC)C1C(=O)c3ccc4c(c3OC1CO2)C[C@H](C(C)(O)C[123I])O4. The molecule has 31 heavy (non-hydrogen) atoms. The van der Waals surface area contributed by atoms with Crippen LogP contribution in [0, 0.1) is 0 Å². The van der Waals surface area contributed by atoms with Gasteiger partial charge >= 0.3 is 0 Å². The molecule has 0 radical (unpaired) electrons. The molecule has 0 bridgehead atoms. The van der Waals surface area contributed by atoms with Gasteiger partial charge in [0.25, 0.3) is 0 Å². The highest BCUT2D eigenvalue weighted by molar-refractivity contribution is 14.1. The predicted molar refractivity (Wildman–Crippen MR) is 121 cm³/mol. The molecule has 0 saturated carbocycles. The van der Waals surface area contributed by atoms with Crippen LogP contribution in [-0.4, -0.2) is 54.0 Å². The van der Waals surface area contributed by atoms with Crippen LogP contribution in [-0.2, 0) is 6.42 Å². The molecule has 0 amide bonds. The fourth-order valence-corrected chi connectivity index (χ4v) is 4.99. The van der Waals surface area contributed by atoms with Gasteiger partial charge in [0.2, 0.25) is 0 Å². The Morgan fingerprint density at radius 2 is 1.90 bits per heavy atom. The molecule has 164 valence electrons. The second-order valence-corrected chi connectivity index (χ2v) is 9.04. The molecule has 3 aliphatic heterocycles. The van der Waals surface area contributed by atoms with E-state index in [0.29, 0.717) is 45.2 Å².